The summed E-state index contributed by atoms with van der Waals surface area (Å²) in [4.78, 5) is 0.244. The highest BCUT2D eigenvalue weighted by atomic mass is 32.2. The van der Waals surface area contributed by atoms with E-state index in [4.69, 9.17) is 11.5 Å². The summed E-state index contributed by atoms with van der Waals surface area (Å²) in [5, 5.41) is 0.491. The first kappa shape index (κ1) is 12.0. The molecule has 17 heavy (non-hydrogen) atoms. The van der Waals surface area contributed by atoms with Crippen LogP contribution < -0.4 is 11.5 Å². The van der Waals surface area contributed by atoms with Crippen molar-refractivity contribution in [2.75, 3.05) is 6.54 Å². The molecule has 0 saturated heterocycles. The Kier molecular flexibility index (Phi) is 3.15. The van der Waals surface area contributed by atoms with Crippen LogP contribution in [0.25, 0.3) is 10.8 Å². The summed E-state index contributed by atoms with van der Waals surface area (Å²) in [6, 6.07) is 12.4. The lowest BCUT2D eigenvalue weighted by molar-refractivity contribution is 0.582. The van der Waals surface area contributed by atoms with Gasteiger partial charge in [0.25, 0.3) is 0 Å². The summed E-state index contributed by atoms with van der Waals surface area (Å²) >= 11 is 0. The standard InChI is InChI=1S/C12H14N2O2S/c13-8-12(14)17(15,16)11-7-3-5-9-4-1-2-6-10(9)11/h1-7,12H,8,13-14H2. The average Bonchev–Trinajstić information content (AvgIpc) is 2.37. The number of rotatable bonds is 3. The number of hydrogen-bond acceptors (Lipinski definition) is 4. The molecule has 0 amide bonds. The number of hydrogen-bond donors (Lipinski definition) is 2. The molecule has 0 fully saturated rings. The van der Waals surface area contributed by atoms with E-state index in [9.17, 15) is 8.42 Å². The molecule has 0 bridgehead atoms. The van der Waals surface area contributed by atoms with E-state index >= 15 is 0 Å². The molecule has 2 rings (SSSR count). The summed E-state index contributed by atoms with van der Waals surface area (Å²) < 4.78 is 24.3. The van der Waals surface area contributed by atoms with Crippen molar-refractivity contribution >= 4 is 20.6 Å². The molecule has 5 heteroatoms. The fourth-order valence-electron chi connectivity index (χ4n) is 1.73. The highest BCUT2D eigenvalue weighted by Crippen LogP contribution is 2.24. The lowest BCUT2D eigenvalue weighted by Crippen LogP contribution is -2.37. The zero-order valence-electron chi connectivity index (χ0n) is 9.21. The Labute approximate surface area is 100 Å². The Balaban J connectivity index is 2.72. The van der Waals surface area contributed by atoms with Crippen molar-refractivity contribution in [3.8, 4) is 0 Å². The number of sulfone groups is 1. The molecule has 90 valence electrons. The molecule has 1 atom stereocenters. The number of fused-ring (bicyclic) bond motifs is 1. The van der Waals surface area contributed by atoms with Gasteiger partial charge in [0.2, 0.25) is 0 Å². The molecule has 0 spiro atoms. The van der Waals surface area contributed by atoms with Crippen molar-refractivity contribution in [3.63, 3.8) is 0 Å². The minimum absolute atomic E-state index is 0.0917. The summed E-state index contributed by atoms with van der Waals surface area (Å²) in [5.74, 6) is 0. The monoisotopic (exact) mass is 250 g/mol. The third-order valence-corrected chi connectivity index (χ3v) is 4.65. The molecule has 0 saturated carbocycles. The van der Waals surface area contributed by atoms with Crippen molar-refractivity contribution < 1.29 is 8.42 Å². The first-order valence-corrected chi connectivity index (χ1v) is 6.79. The van der Waals surface area contributed by atoms with E-state index in [1.54, 1.807) is 24.3 Å². The van der Waals surface area contributed by atoms with Gasteiger partial charge >= 0.3 is 0 Å². The van der Waals surface area contributed by atoms with Gasteiger partial charge in [-0.15, -0.1) is 0 Å². The van der Waals surface area contributed by atoms with E-state index in [0.717, 1.165) is 5.39 Å². The van der Waals surface area contributed by atoms with E-state index in [2.05, 4.69) is 0 Å². The van der Waals surface area contributed by atoms with Gasteiger partial charge in [0.1, 0.15) is 5.37 Å². The summed E-state index contributed by atoms with van der Waals surface area (Å²) in [7, 11) is -3.56. The van der Waals surface area contributed by atoms with E-state index in [-0.39, 0.29) is 11.4 Å². The van der Waals surface area contributed by atoms with Crippen molar-refractivity contribution in [1.82, 2.24) is 0 Å². The normalized spacial score (nSPS) is 13.8. The van der Waals surface area contributed by atoms with E-state index in [0.29, 0.717) is 5.39 Å². The second kappa shape index (κ2) is 4.44. The van der Waals surface area contributed by atoms with Crippen LogP contribution in [0.4, 0.5) is 0 Å². The van der Waals surface area contributed by atoms with Crippen LogP contribution >= 0.6 is 0 Å². The maximum absolute atomic E-state index is 12.2. The van der Waals surface area contributed by atoms with E-state index in [1.807, 2.05) is 18.2 Å². The maximum atomic E-state index is 12.2. The summed E-state index contributed by atoms with van der Waals surface area (Å²) in [6.45, 7) is -0.0917. The van der Waals surface area contributed by atoms with Crippen LogP contribution in [0.3, 0.4) is 0 Å². The molecule has 4 nitrogen and oxygen atoms in total. The largest absolute Gasteiger partial charge is 0.328 e. The zero-order chi connectivity index (χ0) is 12.5. The Morgan fingerprint density at radius 2 is 1.71 bits per heavy atom. The first-order chi connectivity index (χ1) is 8.07. The fourth-order valence-corrected chi connectivity index (χ4v) is 3.07. The Bertz CT molecular complexity index is 633. The number of benzene rings is 2. The molecule has 0 aliphatic carbocycles. The minimum Gasteiger partial charge on any atom is -0.328 e. The molecular weight excluding hydrogens is 236 g/mol. The molecule has 0 aliphatic rings. The Hall–Kier alpha value is -1.43. The predicted octanol–water partition coefficient (Wildman–Crippen LogP) is 0.857. The third-order valence-electron chi connectivity index (χ3n) is 2.69. The van der Waals surface area contributed by atoms with Gasteiger partial charge < -0.3 is 11.5 Å². The zero-order valence-corrected chi connectivity index (χ0v) is 10.0. The SMILES string of the molecule is NCC(N)S(=O)(=O)c1cccc2ccccc12. The molecule has 2 aromatic rings. The number of nitrogens with two attached hydrogens (primary N) is 2. The van der Waals surface area contributed by atoms with Crippen molar-refractivity contribution in [2.24, 2.45) is 11.5 Å². The average molecular weight is 250 g/mol. The van der Waals surface area contributed by atoms with Gasteiger partial charge in [0.05, 0.1) is 4.90 Å². The molecule has 0 radical (unpaired) electrons. The van der Waals surface area contributed by atoms with Crippen LogP contribution in [0.1, 0.15) is 0 Å². The van der Waals surface area contributed by atoms with Gasteiger partial charge in [-0.1, -0.05) is 36.4 Å². The lowest BCUT2D eigenvalue weighted by atomic mass is 10.1. The van der Waals surface area contributed by atoms with Crippen LogP contribution in [0.2, 0.25) is 0 Å². The summed E-state index contributed by atoms with van der Waals surface area (Å²) in [5.41, 5.74) is 10.9. The maximum Gasteiger partial charge on any atom is 0.195 e. The van der Waals surface area contributed by atoms with Gasteiger partial charge in [-0.2, -0.15) is 0 Å². The van der Waals surface area contributed by atoms with Gasteiger partial charge in [-0.05, 0) is 11.5 Å². The van der Waals surface area contributed by atoms with Crippen LogP contribution in [-0.2, 0) is 9.84 Å². The Morgan fingerprint density at radius 1 is 1.06 bits per heavy atom. The molecule has 4 N–H and O–H groups in total. The fraction of sp³-hybridized carbons (Fsp3) is 0.167. The van der Waals surface area contributed by atoms with Crippen LogP contribution in [0, 0.1) is 0 Å². The molecule has 2 aromatic carbocycles. The van der Waals surface area contributed by atoms with E-state index in [1.165, 1.54) is 0 Å². The van der Waals surface area contributed by atoms with Crippen LogP contribution in [0.15, 0.2) is 47.4 Å². The van der Waals surface area contributed by atoms with Crippen molar-refractivity contribution in [2.45, 2.75) is 10.3 Å². The topological polar surface area (TPSA) is 86.2 Å². The van der Waals surface area contributed by atoms with Crippen LogP contribution in [0.5, 0.6) is 0 Å². The van der Waals surface area contributed by atoms with Gasteiger partial charge in [0, 0.05) is 11.9 Å². The first-order valence-electron chi connectivity index (χ1n) is 5.24. The minimum atomic E-state index is -3.56. The van der Waals surface area contributed by atoms with Gasteiger partial charge in [-0.3, -0.25) is 0 Å². The smallest absolute Gasteiger partial charge is 0.195 e. The van der Waals surface area contributed by atoms with Gasteiger partial charge in [0.15, 0.2) is 9.84 Å². The predicted molar refractivity (Wildman–Crippen MR) is 68.2 cm³/mol. The lowest BCUT2D eigenvalue weighted by Gasteiger charge is -2.12. The second-order valence-corrected chi connectivity index (χ2v) is 5.93. The second-order valence-electron chi connectivity index (χ2n) is 3.80. The summed E-state index contributed by atoms with van der Waals surface area (Å²) in [6.07, 6.45) is 0. The van der Waals surface area contributed by atoms with Crippen molar-refractivity contribution in [3.05, 3.63) is 42.5 Å². The highest BCUT2D eigenvalue weighted by molar-refractivity contribution is 7.92. The highest BCUT2D eigenvalue weighted by Gasteiger charge is 2.24. The van der Waals surface area contributed by atoms with Crippen molar-refractivity contribution in [1.29, 1.82) is 0 Å². The van der Waals surface area contributed by atoms with Gasteiger partial charge in [-0.25, -0.2) is 8.42 Å². The molecule has 1 unspecified atom stereocenters. The quantitative estimate of drug-likeness (QED) is 0.845. The van der Waals surface area contributed by atoms with E-state index < -0.39 is 15.2 Å². The van der Waals surface area contributed by atoms with Crippen LogP contribution in [-0.4, -0.2) is 20.3 Å². The molecular formula is C12H14N2O2S. The molecule has 0 aliphatic heterocycles. The third kappa shape index (κ3) is 2.04. The Morgan fingerprint density at radius 3 is 2.41 bits per heavy atom. The molecule has 0 aromatic heterocycles. The molecule has 0 heterocycles.